The smallest absolute Gasteiger partial charge is 0.0882 e. The first-order chi connectivity index (χ1) is 5.86. The Hall–Kier alpha value is -0.110. The molecule has 0 radical (unpaired) electrons. The summed E-state index contributed by atoms with van der Waals surface area (Å²) in [5.74, 6) is 3.43. The van der Waals surface area contributed by atoms with Crippen molar-refractivity contribution in [3.05, 3.63) is 0 Å². The van der Waals surface area contributed by atoms with Crippen molar-refractivity contribution in [3.63, 3.8) is 0 Å². The minimum Gasteiger partial charge on any atom is -0.212 e. The predicted molar refractivity (Wildman–Crippen MR) is 50.2 cm³/mol. The lowest BCUT2D eigenvalue weighted by Crippen LogP contribution is -2.45. The summed E-state index contributed by atoms with van der Waals surface area (Å²) < 4.78 is 10.9. The number of rotatable bonds is 0. The standard InChI is InChI=1S/C10H14OS/c11-12-10-8-2-6-1-7(4-8)5-9(10)3-6/h6-9H,1-5H2. The average Bonchev–Trinajstić information content (AvgIpc) is 2.02. The van der Waals surface area contributed by atoms with E-state index in [1.54, 1.807) is 0 Å². The summed E-state index contributed by atoms with van der Waals surface area (Å²) in [6, 6.07) is 0. The molecular formula is C10H14OS. The third-order valence-corrected chi connectivity index (χ3v) is 4.90. The maximum absolute atomic E-state index is 10.9. The van der Waals surface area contributed by atoms with Crippen LogP contribution in [0.5, 0.6) is 0 Å². The molecule has 0 atom stereocenters. The van der Waals surface area contributed by atoms with Crippen LogP contribution in [0.25, 0.3) is 0 Å². The summed E-state index contributed by atoms with van der Waals surface area (Å²) in [5.41, 5.74) is 0. The molecule has 1 nitrogen and oxygen atoms in total. The molecule has 0 aromatic rings. The van der Waals surface area contributed by atoms with Gasteiger partial charge in [-0.05, 0) is 55.8 Å². The van der Waals surface area contributed by atoms with Gasteiger partial charge in [-0.15, -0.1) is 0 Å². The van der Waals surface area contributed by atoms with Gasteiger partial charge in [0.2, 0.25) is 0 Å². The van der Waals surface area contributed by atoms with Crippen LogP contribution >= 0.6 is 0 Å². The van der Waals surface area contributed by atoms with E-state index in [0.717, 1.165) is 34.9 Å². The summed E-state index contributed by atoms with van der Waals surface area (Å²) >= 11 is 0.827. The highest BCUT2D eigenvalue weighted by atomic mass is 32.1. The van der Waals surface area contributed by atoms with E-state index in [1.165, 1.54) is 37.0 Å². The van der Waals surface area contributed by atoms with Crippen molar-refractivity contribution in [2.45, 2.75) is 32.1 Å². The molecular weight excluding hydrogens is 168 g/mol. The Morgan fingerprint density at radius 1 is 0.917 bits per heavy atom. The van der Waals surface area contributed by atoms with Crippen LogP contribution in [0.15, 0.2) is 0 Å². The van der Waals surface area contributed by atoms with E-state index in [-0.39, 0.29) is 0 Å². The largest absolute Gasteiger partial charge is 0.212 e. The Morgan fingerprint density at radius 3 is 1.83 bits per heavy atom. The van der Waals surface area contributed by atoms with Crippen LogP contribution in [0.1, 0.15) is 32.1 Å². The summed E-state index contributed by atoms with van der Waals surface area (Å²) in [4.78, 5) is 1.32. The molecule has 2 heteroatoms. The first-order valence-corrected chi connectivity index (χ1v) is 5.77. The molecule has 12 heavy (non-hydrogen) atoms. The monoisotopic (exact) mass is 182 g/mol. The van der Waals surface area contributed by atoms with Crippen molar-refractivity contribution >= 4 is 16.1 Å². The van der Waals surface area contributed by atoms with Crippen molar-refractivity contribution in [2.24, 2.45) is 23.7 Å². The minimum atomic E-state index is 0.726. The Labute approximate surface area is 76.6 Å². The Bertz CT molecular complexity index is 235. The predicted octanol–water partition coefficient (Wildman–Crippen LogP) is 1.83. The van der Waals surface area contributed by atoms with Crippen LogP contribution in [0, 0.1) is 23.7 Å². The molecule has 4 aliphatic carbocycles. The van der Waals surface area contributed by atoms with Gasteiger partial charge in [-0.1, -0.05) is 0 Å². The van der Waals surface area contributed by atoms with Crippen LogP contribution < -0.4 is 0 Å². The maximum atomic E-state index is 10.9. The SMILES string of the molecule is O=S=C1C2CC3CC(C2)CC1C3. The first-order valence-electron chi connectivity index (χ1n) is 5.03. The molecule has 0 aliphatic heterocycles. The van der Waals surface area contributed by atoms with Gasteiger partial charge in [0, 0.05) is 4.86 Å². The molecule has 0 aromatic heterocycles. The topological polar surface area (TPSA) is 17.1 Å². The van der Waals surface area contributed by atoms with Gasteiger partial charge in [0.05, 0.1) is 11.3 Å². The van der Waals surface area contributed by atoms with Crippen molar-refractivity contribution < 1.29 is 4.21 Å². The molecule has 0 heterocycles. The maximum Gasteiger partial charge on any atom is 0.0882 e. The second-order valence-corrected chi connectivity index (χ2v) is 5.43. The highest BCUT2D eigenvalue weighted by molar-refractivity contribution is 7.66. The molecule has 66 valence electrons. The molecule has 0 unspecified atom stereocenters. The van der Waals surface area contributed by atoms with E-state index in [1.807, 2.05) is 0 Å². The Balaban J connectivity index is 2.00. The highest BCUT2D eigenvalue weighted by Crippen LogP contribution is 2.51. The van der Waals surface area contributed by atoms with E-state index in [9.17, 15) is 4.21 Å². The quantitative estimate of drug-likeness (QED) is 0.522. The lowest BCUT2D eigenvalue weighted by Gasteiger charge is -2.49. The molecule has 4 rings (SSSR count). The molecule has 0 aromatic carbocycles. The third kappa shape index (κ3) is 0.875. The summed E-state index contributed by atoms with van der Waals surface area (Å²) in [6.45, 7) is 0. The fourth-order valence-electron chi connectivity index (χ4n) is 3.78. The van der Waals surface area contributed by atoms with Crippen molar-refractivity contribution in [1.29, 1.82) is 0 Å². The van der Waals surface area contributed by atoms with Crippen molar-refractivity contribution in [3.8, 4) is 0 Å². The van der Waals surface area contributed by atoms with Gasteiger partial charge in [-0.25, -0.2) is 4.21 Å². The molecule has 0 amide bonds. The molecule has 0 N–H and O–H groups in total. The molecule has 4 saturated carbocycles. The molecule has 0 spiro atoms. The second-order valence-electron chi connectivity index (χ2n) is 4.79. The highest BCUT2D eigenvalue weighted by Gasteiger charge is 2.45. The third-order valence-electron chi connectivity index (χ3n) is 4.04. The fraction of sp³-hybridized carbons (Fsp3) is 0.900. The normalized spacial score (nSPS) is 49.8. The van der Waals surface area contributed by atoms with Crippen molar-refractivity contribution in [2.75, 3.05) is 0 Å². The Kier molecular flexibility index (Phi) is 1.49. The van der Waals surface area contributed by atoms with E-state index in [4.69, 9.17) is 0 Å². The second kappa shape index (κ2) is 2.44. The lowest BCUT2D eigenvalue weighted by atomic mass is 9.56. The van der Waals surface area contributed by atoms with E-state index in [2.05, 4.69) is 0 Å². The summed E-state index contributed by atoms with van der Waals surface area (Å²) in [5, 5.41) is 0. The lowest BCUT2D eigenvalue weighted by molar-refractivity contribution is 0.111. The van der Waals surface area contributed by atoms with Gasteiger partial charge in [0.15, 0.2) is 0 Å². The van der Waals surface area contributed by atoms with Crippen LogP contribution in [0.3, 0.4) is 0 Å². The average molecular weight is 182 g/mol. The van der Waals surface area contributed by atoms with Gasteiger partial charge in [0.1, 0.15) is 0 Å². The van der Waals surface area contributed by atoms with E-state index >= 15 is 0 Å². The molecule has 4 aliphatic rings. The Morgan fingerprint density at radius 2 is 1.42 bits per heavy atom. The minimum absolute atomic E-state index is 0.726. The van der Waals surface area contributed by atoms with E-state index < -0.39 is 0 Å². The fourth-order valence-corrected chi connectivity index (χ4v) is 4.44. The van der Waals surface area contributed by atoms with Gasteiger partial charge in [0.25, 0.3) is 0 Å². The van der Waals surface area contributed by atoms with Gasteiger partial charge < -0.3 is 0 Å². The van der Waals surface area contributed by atoms with Crippen LogP contribution in [0.4, 0.5) is 0 Å². The first kappa shape index (κ1) is 7.31. The molecule has 4 bridgehead atoms. The number of hydrogen-bond acceptors (Lipinski definition) is 1. The van der Waals surface area contributed by atoms with Gasteiger partial charge in [-0.2, -0.15) is 0 Å². The van der Waals surface area contributed by atoms with Crippen LogP contribution in [0.2, 0.25) is 0 Å². The van der Waals surface area contributed by atoms with Crippen LogP contribution in [-0.2, 0) is 11.3 Å². The summed E-state index contributed by atoms with van der Waals surface area (Å²) in [7, 11) is 0. The molecule has 4 fully saturated rings. The van der Waals surface area contributed by atoms with Gasteiger partial charge in [-0.3, -0.25) is 0 Å². The summed E-state index contributed by atoms with van der Waals surface area (Å²) in [6.07, 6.45) is 6.86. The zero-order valence-electron chi connectivity index (χ0n) is 7.16. The van der Waals surface area contributed by atoms with Crippen LogP contribution in [-0.4, -0.2) is 9.07 Å². The van der Waals surface area contributed by atoms with Crippen molar-refractivity contribution in [1.82, 2.24) is 0 Å². The van der Waals surface area contributed by atoms with E-state index in [0.29, 0.717) is 0 Å². The van der Waals surface area contributed by atoms with Gasteiger partial charge >= 0.3 is 0 Å². The zero-order valence-corrected chi connectivity index (χ0v) is 7.98. The molecule has 0 saturated heterocycles. The number of hydrogen-bond donors (Lipinski definition) is 0. The zero-order chi connectivity index (χ0) is 8.13.